The first-order valence-electron chi connectivity index (χ1n) is 4.28. The van der Waals surface area contributed by atoms with E-state index >= 15 is 0 Å². The van der Waals surface area contributed by atoms with Gasteiger partial charge in [-0.1, -0.05) is 0 Å². The molecular weight excluding hydrogens is 250 g/mol. The average Bonchev–Trinajstić information content (AvgIpc) is 2.52. The van der Waals surface area contributed by atoms with Crippen LogP contribution in [0.5, 0.6) is 0 Å². The van der Waals surface area contributed by atoms with E-state index in [-0.39, 0.29) is 12.4 Å². The van der Waals surface area contributed by atoms with E-state index in [1.165, 1.54) is 6.26 Å². The highest BCUT2D eigenvalue weighted by atomic mass is 79.9. The lowest BCUT2D eigenvalue weighted by molar-refractivity contribution is -0.143. The van der Waals surface area contributed by atoms with Crippen LogP contribution < -0.4 is 5.73 Å². The quantitative estimate of drug-likeness (QED) is 0.843. The molecule has 0 saturated carbocycles. The Morgan fingerprint density at radius 3 is 3.00 bits per heavy atom. The third-order valence-electron chi connectivity index (χ3n) is 1.65. The van der Waals surface area contributed by atoms with Gasteiger partial charge in [0.25, 0.3) is 0 Å². The van der Waals surface area contributed by atoms with Gasteiger partial charge in [0.05, 0.1) is 23.5 Å². The van der Waals surface area contributed by atoms with Crippen molar-refractivity contribution in [2.45, 2.75) is 19.4 Å². The molecule has 1 heterocycles. The lowest BCUT2D eigenvalue weighted by Gasteiger charge is -2.07. The molecule has 0 saturated heterocycles. The van der Waals surface area contributed by atoms with Crippen LogP contribution in [0.2, 0.25) is 0 Å². The van der Waals surface area contributed by atoms with Crippen LogP contribution in [0.4, 0.5) is 0 Å². The molecule has 1 rings (SSSR count). The Morgan fingerprint density at radius 1 is 1.79 bits per heavy atom. The van der Waals surface area contributed by atoms with Crippen molar-refractivity contribution in [3.63, 3.8) is 0 Å². The van der Waals surface area contributed by atoms with Crippen molar-refractivity contribution in [2.75, 3.05) is 6.61 Å². The van der Waals surface area contributed by atoms with Crippen LogP contribution in [0, 0.1) is 0 Å². The predicted molar refractivity (Wildman–Crippen MR) is 54.6 cm³/mol. The number of hydrogen-bond donors (Lipinski definition) is 1. The monoisotopic (exact) mass is 261 g/mol. The van der Waals surface area contributed by atoms with Gasteiger partial charge in [-0.25, -0.2) is 0 Å². The molecule has 2 N–H and O–H groups in total. The maximum atomic E-state index is 11.1. The summed E-state index contributed by atoms with van der Waals surface area (Å²) in [6, 6.07) is 1.30. The zero-order valence-corrected chi connectivity index (χ0v) is 9.41. The Kier molecular flexibility index (Phi) is 4.16. The first kappa shape index (κ1) is 11.3. The highest BCUT2D eigenvalue weighted by Crippen LogP contribution is 2.21. The van der Waals surface area contributed by atoms with E-state index in [1.54, 1.807) is 13.0 Å². The SMILES string of the molecule is CCOC(=O)CC(N)c1cc(Br)co1. The molecular formula is C9H12BrNO3. The van der Waals surface area contributed by atoms with Crippen LogP contribution in [0.1, 0.15) is 25.1 Å². The van der Waals surface area contributed by atoms with Crippen molar-refractivity contribution in [3.05, 3.63) is 22.6 Å². The highest BCUT2D eigenvalue weighted by Gasteiger charge is 2.15. The molecule has 0 radical (unpaired) electrons. The number of esters is 1. The summed E-state index contributed by atoms with van der Waals surface area (Å²) in [6.45, 7) is 2.13. The second-order valence-electron chi connectivity index (χ2n) is 2.78. The van der Waals surface area contributed by atoms with Crippen LogP contribution >= 0.6 is 15.9 Å². The molecule has 0 fully saturated rings. The van der Waals surface area contributed by atoms with E-state index in [9.17, 15) is 4.79 Å². The first-order valence-corrected chi connectivity index (χ1v) is 5.08. The van der Waals surface area contributed by atoms with E-state index in [0.717, 1.165) is 4.47 Å². The van der Waals surface area contributed by atoms with Crippen LogP contribution in [0.25, 0.3) is 0 Å². The number of ether oxygens (including phenoxy) is 1. The third-order valence-corrected chi connectivity index (χ3v) is 2.06. The Labute approximate surface area is 90.5 Å². The normalized spacial score (nSPS) is 12.5. The second kappa shape index (κ2) is 5.17. The van der Waals surface area contributed by atoms with Gasteiger partial charge in [-0.15, -0.1) is 0 Å². The molecule has 1 unspecified atom stereocenters. The van der Waals surface area contributed by atoms with Gasteiger partial charge in [-0.05, 0) is 28.9 Å². The molecule has 0 aliphatic rings. The molecule has 4 nitrogen and oxygen atoms in total. The molecule has 14 heavy (non-hydrogen) atoms. The van der Waals surface area contributed by atoms with Gasteiger partial charge in [0, 0.05) is 0 Å². The van der Waals surface area contributed by atoms with Crippen molar-refractivity contribution < 1.29 is 13.9 Å². The number of halogens is 1. The predicted octanol–water partition coefficient (Wildman–Crippen LogP) is 2.00. The summed E-state index contributed by atoms with van der Waals surface area (Å²) in [5.74, 6) is 0.262. The molecule has 0 amide bonds. The van der Waals surface area contributed by atoms with Gasteiger partial charge in [0.15, 0.2) is 0 Å². The summed E-state index contributed by atoms with van der Waals surface area (Å²) in [4.78, 5) is 11.1. The number of nitrogens with two attached hydrogens (primary N) is 1. The summed E-state index contributed by atoms with van der Waals surface area (Å²) in [7, 11) is 0. The summed E-state index contributed by atoms with van der Waals surface area (Å²) in [5, 5.41) is 0. The maximum Gasteiger partial charge on any atom is 0.307 e. The largest absolute Gasteiger partial charge is 0.466 e. The Hall–Kier alpha value is -0.810. The minimum absolute atomic E-state index is 0.133. The molecule has 5 heteroatoms. The molecule has 1 aromatic rings. The lowest BCUT2D eigenvalue weighted by Crippen LogP contribution is -2.16. The van der Waals surface area contributed by atoms with Crippen molar-refractivity contribution in [1.29, 1.82) is 0 Å². The van der Waals surface area contributed by atoms with E-state index in [0.29, 0.717) is 12.4 Å². The molecule has 0 bridgehead atoms. The van der Waals surface area contributed by atoms with Crippen molar-refractivity contribution in [1.82, 2.24) is 0 Å². The number of rotatable bonds is 4. The molecule has 78 valence electrons. The van der Waals surface area contributed by atoms with Crippen molar-refractivity contribution in [2.24, 2.45) is 5.73 Å². The summed E-state index contributed by atoms with van der Waals surface area (Å²) >= 11 is 3.23. The van der Waals surface area contributed by atoms with Gasteiger partial charge in [0.1, 0.15) is 12.0 Å². The van der Waals surface area contributed by atoms with Crippen LogP contribution in [-0.2, 0) is 9.53 Å². The minimum atomic E-state index is -0.444. The smallest absolute Gasteiger partial charge is 0.307 e. The van der Waals surface area contributed by atoms with E-state index < -0.39 is 6.04 Å². The van der Waals surface area contributed by atoms with Gasteiger partial charge >= 0.3 is 5.97 Å². The first-order chi connectivity index (χ1) is 6.63. The molecule has 0 aliphatic carbocycles. The number of carbonyl (C=O) groups is 1. The van der Waals surface area contributed by atoms with E-state index in [1.807, 2.05) is 0 Å². The zero-order valence-electron chi connectivity index (χ0n) is 7.83. The molecule has 0 spiro atoms. The highest BCUT2D eigenvalue weighted by molar-refractivity contribution is 9.10. The standard InChI is InChI=1S/C9H12BrNO3/c1-2-13-9(12)4-7(11)8-3-6(10)5-14-8/h3,5,7H,2,4,11H2,1H3. The Bertz CT molecular complexity index is 311. The molecule has 0 aromatic carbocycles. The van der Waals surface area contributed by atoms with Gasteiger partial charge < -0.3 is 14.9 Å². The maximum absolute atomic E-state index is 11.1. The average molecular weight is 262 g/mol. The lowest BCUT2D eigenvalue weighted by atomic mass is 10.2. The van der Waals surface area contributed by atoms with Crippen LogP contribution in [0.3, 0.4) is 0 Å². The third kappa shape index (κ3) is 3.16. The topological polar surface area (TPSA) is 65.5 Å². The number of hydrogen-bond acceptors (Lipinski definition) is 4. The summed E-state index contributed by atoms with van der Waals surface area (Å²) < 4.78 is 10.7. The Morgan fingerprint density at radius 2 is 2.50 bits per heavy atom. The fourth-order valence-electron chi connectivity index (χ4n) is 1.02. The number of furan rings is 1. The summed E-state index contributed by atoms with van der Waals surface area (Å²) in [6.07, 6.45) is 1.66. The van der Waals surface area contributed by atoms with Crippen LogP contribution in [0.15, 0.2) is 21.2 Å². The molecule has 1 atom stereocenters. The second-order valence-corrected chi connectivity index (χ2v) is 3.70. The molecule has 0 aliphatic heterocycles. The fourth-order valence-corrected chi connectivity index (χ4v) is 1.34. The van der Waals surface area contributed by atoms with Crippen molar-refractivity contribution in [3.8, 4) is 0 Å². The Balaban J connectivity index is 2.50. The zero-order chi connectivity index (χ0) is 10.6. The fraction of sp³-hybridized carbons (Fsp3) is 0.444. The van der Waals surface area contributed by atoms with E-state index in [4.69, 9.17) is 14.9 Å². The van der Waals surface area contributed by atoms with Crippen LogP contribution in [-0.4, -0.2) is 12.6 Å². The van der Waals surface area contributed by atoms with Gasteiger partial charge in [0.2, 0.25) is 0 Å². The minimum Gasteiger partial charge on any atom is -0.466 e. The summed E-state index contributed by atoms with van der Waals surface area (Å²) in [5.41, 5.74) is 5.72. The van der Waals surface area contributed by atoms with Crippen molar-refractivity contribution >= 4 is 21.9 Å². The van der Waals surface area contributed by atoms with E-state index in [2.05, 4.69) is 15.9 Å². The number of carbonyl (C=O) groups excluding carboxylic acids is 1. The molecule has 1 aromatic heterocycles. The van der Waals surface area contributed by atoms with Gasteiger partial charge in [-0.3, -0.25) is 4.79 Å². The van der Waals surface area contributed by atoms with Gasteiger partial charge in [-0.2, -0.15) is 0 Å².